The highest BCUT2D eigenvalue weighted by Crippen LogP contribution is 2.30. The van der Waals surface area contributed by atoms with Crippen LogP contribution in [-0.4, -0.2) is 42.4 Å². The van der Waals surface area contributed by atoms with Crippen molar-refractivity contribution >= 4 is 17.1 Å². The molecule has 0 aromatic carbocycles. The van der Waals surface area contributed by atoms with Crippen LogP contribution in [0.15, 0.2) is 29.4 Å². The molecule has 0 bridgehead atoms. The van der Waals surface area contributed by atoms with Gasteiger partial charge in [-0.2, -0.15) is 0 Å². The van der Waals surface area contributed by atoms with Crippen molar-refractivity contribution in [3.63, 3.8) is 0 Å². The van der Waals surface area contributed by atoms with Crippen LogP contribution < -0.4 is 0 Å². The molecule has 0 saturated carbocycles. The number of allylic oxidation sites excluding steroid dienone is 2. The monoisotopic (exact) mass is 348 g/mol. The lowest BCUT2D eigenvalue weighted by Gasteiger charge is -2.30. The van der Waals surface area contributed by atoms with Crippen LogP contribution in [0.1, 0.15) is 60.9 Å². The summed E-state index contributed by atoms with van der Waals surface area (Å²) < 4.78 is 5.22. The average molecular weight is 349 g/mol. The van der Waals surface area contributed by atoms with E-state index in [1.54, 1.807) is 18.4 Å². The fourth-order valence-corrected chi connectivity index (χ4v) is 3.92. The Morgan fingerprint density at radius 1 is 1.46 bits per heavy atom. The van der Waals surface area contributed by atoms with Gasteiger partial charge in [-0.1, -0.05) is 13.0 Å². The fourth-order valence-electron chi connectivity index (χ4n) is 2.92. The number of rotatable bonds is 8. The zero-order valence-electron chi connectivity index (χ0n) is 15.0. The molecule has 2 rings (SSSR count). The molecule has 1 saturated heterocycles. The van der Waals surface area contributed by atoms with E-state index in [9.17, 15) is 4.79 Å². The predicted octanol–water partition coefficient (Wildman–Crippen LogP) is 4.41. The number of piperidine rings is 1. The Morgan fingerprint density at radius 3 is 2.83 bits per heavy atom. The Kier molecular flexibility index (Phi) is 7.66. The van der Waals surface area contributed by atoms with Crippen molar-refractivity contribution in [3.05, 3.63) is 40.1 Å². The minimum atomic E-state index is 0.181. The van der Waals surface area contributed by atoms with E-state index in [4.69, 9.17) is 4.74 Å². The van der Waals surface area contributed by atoms with Gasteiger partial charge >= 0.3 is 0 Å². The van der Waals surface area contributed by atoms with Crippen LogP contribution in [0.2, 0.25) is 0 Å². The molecule has 2 heterocycles. The molecule has 0 atom stereocenters. The van der Waals surface area contributed by atoms with Crippen molar-refractivity contribution in [2.45, 2.75) is 45.4 Å². The SMILES string of the molecule is C/C=C(/C=C\CN1CCC(c2nc(C(=O)CCC)cs2)CC1)OC. The smallest absolute Gasteiger partial charge is 0.182 e. The minimum absolute atomic E-state index is 0.181. The summed E-state index contributed by atoms with van der Waals surface area (Å²) in [5.74, 6) is 1.58. The van der Waals surface area contributed by atoms with Gasteiger partial charge in [-0.25, -0.2) is 4.98 Å². The van der Waals surface area contributed by atoms with Crippen LogP contribution in [0.4, 0.5) is 0 Å². The number of thiazole rings is 1. The van der Waals surface area contributed by atoms with Crippen LogP contribution in [0.5, 0.6) is 0 Å². The lowest BCUT2D eigenvalue weighted by molar-refractivity contribution is 0.0977. The second-order valence-electron chi connectivity index (χ2n) is 6.12. The van der Waals surface area contributed by atoms with Crippen LogP contribution in [0.25, 0.3) is 0 Å². The average Bonchev–Trinajstić information content (AvgIpc) is 3.10. The highest BCUT2D eigenvalue weighted by atomic mass is 32.1. The van der Waals surface area contributed by atoms with Gasteiger partial charge in [0, 0.05) is 24.3 Å². The molecule has 0 unspecified atom stereocenters. The second-order valence-corrected chi connectivity index (χ2v) is 7.01. The van der Waals surface area contributed by atoms with Crippen molar-refractivity contribution in [1.82, 2.24) is 9.88 Å². The quantitative estimate of drug-likeness (QED) is 0.396. The largest absolute Gasteiger partial charge is 0.497 e. The van der Waals surface area contributed by atoms with E-state index in [2.05, 4.69) is 16.0 Å². The molecule has 24 heavy (non-hydrogen) atoms. The van der Waals surface area contributed by atoms with Crippen molar-refractivity contribution in [2.24, 2.45) is 0 Å². The second kappa shape index (κ2) is 9.74. The Bertz CT molecular complexity index is 584. The van der Waals surface area contributed by atoms with Gasteiger partial charge in [0.2, 0.25) is 0 Å². The van der Waals surface area contributed by atoms with E-state index in [1.165, 1.54) is 0 Å². The first kappa shape index (κ1) is 18.9. The lowest BCUT2D eigenvalue weighted by Crippen LogP contribution is -2.33. The third-order valence-corrected chi connectivity index (χ3v) is 5.39. The van der Waals surface area contributed by atoms with Crippen LogP contribution in [0, 0.1) is 0 Å². The van der Waals surface area contributed by atoms with Crippen molar-refractivity contribution in [2.75, 3.05) is 26.7 Å². The molecule has 1 aliphatic heterocycles. The zero-order chi connectivity index (χ0) is 17.4. The molecule has 0 amide bonds. The number of ether oxygens (including phenoxy) is 1. The van der Waals surface area contributed by atoms with E-state index in [0.717, 1.165) is 49.7 Å². The van der Waals surface area contributed by atoms with Gasteiger partial charge in [-0.05, 0) is 51.4 Å². The van der Waals surface area contributed by atoms with Crippen molar-refractivity contribution in [1.29, 1.82) is 0 Å². The first-order valence-electron chi connectivity index (χ1n) is 8.75. The number of nitrogens with zero attached hydrogens (tertiary/aromatic N) is 2. The van der Waals surface area contributed by atoms with E-state index in [0.29, 0.717) is 18.0 Å². The van der Waals surface area contributed by atoms with E-state index < -0.39 is 0 Å². The zero-order valence-corrected chi connectivity index (χ0v) is 15.8. The highest BCUT2D eigenvalue weighted by Gasteiger charge is 2.23. The number of ketones is 1. The van der Waals surface area contributed by atoms with Gasteiger partial charge < -0.3 is 4.74 Å². The molecular weight excluding hydrogens is 320 g/mol. The summed E-state index contributed by atoms with van der Waals surface area (Å²) in [6.45, 7) is 7.10. The van der Waals surface area contributed by atoms with Crippen LogP contribution in [-0.2, 0) is 4.74 Å². The maximum atomic E-state index is 11.9. The Morgan fingerprint density at radius 2 is 2.21 bits per heavy atom. The van der Waals surface area contributed by atoms with Gasteiger partial charge in [-0.3, -0.25) is 9.69 Å². The first-order valence-corrected chi connectivity index (χ1v) is 9.63. The van der Waals surface area contributed by atoms with Gasteiger partial charge in [0.05, 0.1) is 12.1 Å². The minimum Gasteiger partial charge on any atom is -0.497 e. The van der Waals surface area contributed by atoms with Crippen LogP contribution in [0.3, 0.4) is 0 Å². The third-order valence-electron chi connectivity index (χ3n) is 4.39. The van der Waals surface area contributed by atoms with Gasteiger partial charge in [0.1, 0.15) is 11.5 Å². The van der Waals surface area contributed by atoms with E-state index in [1.807, 2.05) is 31.4 Å². The normalized spacial score (nSPS) is 17.5. The maximum Gasteiger partial charge on any atom is 0.182 e. The number of hydrogen-bond acceptors (Lipinski definition) is 5. The third kappa shape index (κ3) is 5.28. The molecule has 0 N–H and O–H groups in total. The number of aromatic nitrogens is 1. The number of methoxy groups -OCH3 is 1. The molecule has 1 aliphatic rings. The lowest BCUT2D eigenvalue weighted by atomic mass is 9.97. The highest BCUT2D eigenvalue weighted by molar-refractivity contribution is 7.09. The topological polar surface area (TPSA) is 42.4 Å². The molecule has 1 fully saturated rings. The Hall–Kier alpha value is -1.46. The standard InChI is InChI=1S/C19H28N2O2S/c1-4-7-18(22)17-14-24-19(20-17)15-9-12-21(13-10-15)11-6-8-16(5-2)23-3/h5-6,8,14-15H,4,7,9-13H2,1-3H3/b8-6-,16-5-. The van der Waals surface area contributed by atoms with Crippen molar-refractivity contribution in [3.8, 4) is 0 Å². The summed E-state index contributed by atoms with van der Waals surface area (Å²) in [4.78, 5) is 19.0. The number of Topliss-reactive ketones (excluding diaryl/α,β-unsaturated/α-hetero) is 1. The predicted molar refractivity (Wildman–Crippen MR) is 99.7 cm³/mol. The summed E-state index contributed by atoms with van der Waals surface area (Å²) >= 11 is 1.65. The fraction of sp³-hybridized carbons (Fsp3) is 0.579. The van der Waals surface area contributed by atoms with E-state index >= 15 is 0 Å². The number of likely N-dealkylation sites (tertiary alicyclic amines) is 1. The molecule has 0 radical (unpaired) electrons. The van der Waals surface area contributed by atoms with Crippen molar-refractivity contribution < 1.29 is 9.53 Å². The van der Waals surface area contributed by atoms with Gasteiger partial charge in [0.25, 0.3) is 0 Å². The molecule has 0 spiro atoms. The number of carbonyl (C=O) groups excluding carboxylic acids is 1. The number of hydrogen-bond donors (Lipinski definition) is 0. The summed E-state index contributed by atoms with van der Waals surface area (Å²) in [5, 5.41) is 3.08. The summed E-state index contributed by atoms with van der Waals surface area (Å²) in [6.07, 6.45) is 9.86. The molecule has 0 aliphatic carbocycles. The molecule has 4 nitrogen and oxygen atoms in total. The first-order chi connectivity index (χ1) is 11.7. The molecule has 5 heteroatoms. The Balaban J connectivity index is 1.81. The molecular formula is C19H28N2O2S. The molecule has 132 valence electrons. The van der Waals surface area contributed by atoms with E-state index in [-0.39, 0.29) is 5.78 Å². The molecule has 1 aromatic rings. The summed E-state index contributed by atoms with van der Waals surface area (Å²) in [7, 11) is 1.69. The maximum absolute atomic E-state index is 11.9. The van der Waals surface area contributed by atoms with Gasteiger partial charge in [0.15, 0.2) is 5.78 Å². The molecule has 1 aromatic heterocycles. The Labute approximate surface area is 149 Å². The van der Waals surface area contributed by atoms with Crippen LogP contribution >= 0.6 is 11.3 Å². The summed E-state index contributed by atoms with van der Waals surface area (Å²) in [5.41, 5.74) is 0.667. The number of carbonyl (C=O) groups is 1. The summed E-state index contributed by atoms with van der Waals surface area (Å²) in [6, 6.07) is 0. The van der Waals surface area contributed by atoms with Gasteiger partial charge in [-0.15, -0.1) is 11.3 Å².